The van der Waals surface area contributed by atoms with E-state index < -0.39 is 18.5 Å². The van der Waals surface area contributed by atoms with Crippen LogP contribution >= 0.6 is 0 Å². The van der Waals surface area contributed by atoms with Crippen LogP contribution in [0.25, 0.3) is 0 Å². The van der Waals surface area contributed by atoms with Crippen LogP contribution in [-0.2, 0) is 4.74 Å². The highest BCUT2D eigenvalue weighted by Gasteiger charge is 2.47. The van der Waals surface area contributed by atoms with Crippen molar-refractivity contribution in [2.24, 2.45) is 5.92 Å². The Morgan fingerprint density at radius 3 is 2.61 bits per heavy atom. The highest BCUT2D eigenvalue weighted by atomic mass is 19.4. The van der Waals surface area contributed by atoms with Gasteiger partial charge in [-0.3, -0.25) is 4.90 Å². The minimum absolute atomic E-state index is 0.191. The Morgan fingerprint density at radius 1 is 1.33 bits per heavy atom. The molecule has 4 nitrogen and oxygen atoms in total. The van der Waals surface area contributed by atoms with Gasteiger partial charge >= 0.3 is 12.5 Å². The second-order valence-corrected chi connectivity index (χ2v) is 4.90. The summed E-state index contributed by atoms with van der Waals surface area (Å²) in [6.45, 7) is -0.319. The van der Waals surface area contributed by atoms with Crippen molar-refractivity contribution in [3.05, 3.63) is 0 Å². The molecule has 0 aromatic carbocycles. The monoisotopic (exact) mass is 267 g/mol. The molecule has 2 rings (SSSR count). The summed E-state index contributed by atoms with van der Waals surface area (Å²) in [5.74, 6) is 0.191. The van der Waals surface area contributed by atoms with Crippen molar-refractivity contribution in [1.29, 1.82) is 0 Å². The van der Waals surface area contributed by atoms with Crippen LogP contribution in [0.15, 0.2) is 0 Å². The van der Waals surface area contributed by atoms with Crippen molar-refractivity contribution in [1.82, 2.24) is 4.90 Å². The minimum Gasteiger partial charge on any atom is -0.394 e. The molecule has 1 saturated heterocycles. The Kier molecular flexibility index (Phi) is 3.70. The highest BCUT2D eigenvalue weighted by Crippen LogP contribution is 2.40. The second kappa shape index (κ2) is 4.95. The molecular weight excluding hydrogens is 251 g/mol. The molecule has 0 spiro atoms. The number of carbonyl (C=O) groups excluding carboxylic acids is 1. The van der Waals surface area contributed by atoms with Crippen molar-refractivity contribution in [2.75, 3.05) is 6.61 Å². The SMILES string of the molecule is O=C(OC(F)(F)F)N1[C@H](CO)C[C@@H]2CCCC[C@@H]21. The Balaban J connectivity index is 2.10. The Hall–Kier alpha value is -0.980. The summed E-state index contributed by atoms with van der Waals surface area (Å²) in [5, 5.41) is 9.20. The maximum Gasteiger partial charge on any atom is 0.576 e. The molecule has 18 heavy (non-hydrogen) atoms. The number of hydrogen-bond acceptors (Lipinski definition) is 3. The van der Waals surface area contributed by atoms with E-state index >= 15 is 0 Å². The minimum atomic E-state index is -4.97. The van der Waals surface area contributed by atoms with E-state index in [1.807, 2.05) is 0 Å². The summed E-state index contributed by atoms with van der Waals surface area (Å²) >= 11 is 0. The number of ether oxygens (including phenoxy) is 1. The average Bonchev–Trinajstić information content (AvgIpc) is 2.64. The number of likely N-dealkylation sites (tertiary alicyclic amines) is 1. The molecule has 104 valence electrons. The molecule has 0 aromatic rings. The number of halogens is 3. The van der Waals surface area contributed by atoms with Crippen LogP contribution < -0.4 is 0 Å². The fraction of sp³-hybridized carbons (Fsp3) is 0.909. The number of amides is 1. The van der Waals surface area contributed by atoms with E-state index in [1.54, 1.807) is 0 Å². The zero-order valence-corrected chi connectivity index (χ0v) is 9.82. The van der Waals surface area contributed by atoms with Gasteiger partial charge in [0, 0.05) is 6.04 Å². The lowest BCUT2D eigenvalue weighted by Gasteiger charge is -2.32. The first-order valence-corrected chi connectivity index (χ1v) is 6.11. The molecule has 0 radical (unpaired) electrons. The van der Waals surface area contributed by atoms with Gasteiger partial charge in [-0.15, -0.1) is 13.2 Å². The third-order valence-electron chi connectivity index (χ3n) is 3.82. The van der Waals surface area contributed by atoms with E-state index in [0.29, 0.717) is 12.8 Å². The number of alkyl halides is 3. The maximum atomic E-state index is 12.1. The van der Waals surface area contributed by atoms with E-state index in [4.69, 9.17) is 0 Å². The highest BCUT2D eigenvalue weighted by molar-refractivity contribution is 5.69. The van der Waals surface area contributed by atoms with Gasteiger partial charge in [0.2, 0.25) is 0 Å². The van der Waals surface area contributed by atoms with Gasteiger partial charge in [-0.05, 0) is 25.2 Å². The molecule has 1 saturated carbocycles. The number of rotatable bonds is 1. The van der Waals surface area contributed by atoms with Crippen LogP contribution in [-0.4, -0.2) is 41.2 Å². The topological polar surface area (TPSA) is 49.8 Å². The van der Waals surface area contributed by atoms with E-state index in [2.05, 4.69) is 4.74 Å². The third kappa shape index (κ3) is 2.71. The molecule has 1 heterocycles. The summed E-state index contributed by atoms with van der Waals surface area (Å²) in [7, 11) is 0. The molecule has 0 bridgehead atoms. The predicted octanol–water partition coefficient (Wildman–Crippen LogP) is 2.27. The van der Waals surface area contributed by atoms with Crippen LogP contribution in [0.3, 0.4) is 0 Å². The van der Waals surface area contributed by atoms with Crippen molar-refractivity contribution >= 4 is 6.09 Å². The van der Waals surface area contributed by atoms with Crippen LogP contribution in [0.5, 0.6) is 0 Å². The molecule has 0 unspecified atom stereocenters. The molecule has 7 heteroatoms. The first-order chi connectivity index (χ1) is 8.42. The van der Waals surface area contributed by atoms with Crippen LogP contribution in [0.2, 0.25) is 0 Å². The standard InChI is InChI=1S/C11H16F3NO3/c12-11(13,14)18-10(17)15-8(6-16)5-7-3-1-2-4-9(7)15/h7-9,16H,1-6H2/t7-,8-,9-/m0/s1. The van der Waals surface area contributed by atoms with Gasteiger partial charge < -0.3 is 9.84 Å². The molecule has 1 N–H and O–H groups in total. The summed E-state index contributed by atoms with van der Waals surface area (Å²) < 4.78 is 39.7. The lowest BCUT2D eigenvalue weighted by atomic mass is 9.85. The fourth-order valence-corrected chi connectivity index (χ4v) is 3.16. The van der Waals surface area contributed by atoms with Crippen molar-refractivity contribution in [3.8, 4) is 0 Å². The number of aliphatic hydroxyl groups excluding tert-OH is 1. The van der Waals surface area contributed by atoms with E-state index in [1.165, 1.54) is 0 Å². The molecule has 1 aliphatic heterocycles. The summed E-state index contributed by atoms with van der Waals surface area (Å²) in [5.41, 5.74) is 0. The summed E-state index contributed by atoms with van der Waals surface area (Å²) in [4.78, 5) is 12.7. The Morgan fingerprint density at radius 2 is 2.00 bits per heavy atom. The van der Waals surface area contributed by atoms with Gasteiger partial charge in [-0.25, -0.2) is 4.79 Å². The van der Waals surface area contributed by atoms with Crippen molar-refractivity contribution in [3.63, 3.8) is 0 Å². The van der Waals surface area contributed by atoms with Gasteiger partial charge in [0.15, 0.2) is 0 Å². The molecular formula is C11H16F3NO3. The van der Waals surface area contributed by atoms with Crippen LogP contribution in [0.1, 0.15) is 32.1 Å². The molecule has 2 aliphatic rings. The van der Waals surface area contributed by atoms with Crippen molar-refractivity contribution < 1.29 is 27.8 Å². The van der Waals surface area contributed by atoms with Crippen LogP contribution in [0.4, 0.5) is 18.0 Å². The number of hydrogen-bond donors (Lipinski definition) is 1. The van der Waals surface area contributed by atoms with E-state index in [0.717, 1.165) is 24.2 Å². The number of fused-ring (bicyclic) bond motifs is 1. The van der Waals surface area contributed by atoms with E-state index in [9.17, 15) is 23.1 Å². The van der Waals surface area contributed by atoms with Crippen molar-refractivity contribution in [2.45, 2.75) is 50.6 Å². The smallest absolute Gasteiger partial charge is 0.394 e. The quantitative estimate of drug-likeness (QED) is 0.792. The van der Waals surface area contributed by atoms with Gasteiger partial charge in [0.25, 0.3) is 0 Å². The largest absolute Gasteiger partial charge is 0.576 e. The average molecular weight is 267 g/mol. The maximum absolute atomic E-state index is 12.1. The van der Waals surface area contributed by atoms with Gasteiger partial charge in [-0.1, -0.05) is 12.8 Å². The first-order valence-electron chi connectivity index (χ1n) is 6.11. The number of nitrogens with zero attached hydrogens (tertiary/aromatic N) is 1. The zero-order valence-electron chi connectivity index (χ0n) is 9.82. The van der Waals surface area contributed by atoms with Gasteiger partial charge in [0.1, 0.15) is 0 Å². The zero-order chi connectivity index (χ0) is 13.3. The number of carbonyl (C=O) groups is 1. The summed E-state index contributed by atoms with van der Waals surface area (Å²) in [6.07, 6.45) is -2.27. The molecule has 2 fully saturated rings. The second-order valence-electron chi connectivity index (χ2n) is 4.90. The van der Waals surface area contributed by atoms with Gasteiger partial charge in [-0.2, -0.15) is 0 Å². The predicted molar refractivity (Wildman–Crippen MR) is 55.6 cm³/mol. The lowest BCUT2D eigenvalue weighted by Crippen LogP contribution is -2.46. The normalized spacial score (nSPS) is 32.2. The Bertz CT molecular complexity index is 321. The van der Waals surface area contributed by atoms with Crippen LogP contribution in [0, 0.1) is 5.92 Å². The van der Waals surface area contributed by atoms with E-state index in [-0.39, 0.29) is 18.6 Å². The molecule has 1 aliphatic carbocycles. The van der Waals surface area contributed by atoms with Gasteiger partial charge in [0.05, 0.1) is 12.6 Å². The molecule has 0 aromatic heterocycles. The lowest BCUT2D eigenvalue weighted by molar-refractivity contribution is -0.295. The Labute approximate surface area is 103 Å². The molecule has 1 amide bonds. The molecule has 3 atom stereocenters. The first kappa shape index (κ1) is 13.5. The summed E-state index contributed by atoms with van der Waals surface area (Å²) in [6, 6.07) is -0.765. The fourth-order valence-electron chi connectivity index (χ4n) is 3.16. The number of aliphatic hydroxyl groups is 1. The third-order valence-corrected chi connectivity index (χ3v) is 3.82.